The van der Waals surface area contributed by atoms with Crippen molar-refractivity contribution in [3.05, 3.63) is 53.4 Å². The summed E-state index contributed by atoms with van der Waals surface area (Å²) in [5.41, 5.74) is 2.73. The number of Topliss-reactive ketones (excluding diaryl/α,β-unsaturated/α-hetero) is 1. The van der Waals surface area contributed by atoms with Gasteiger partial charge >= 0.3 is 0 Å². The maximum atomic E-state index is 12.4. The number of aromatic nitrogens is 5. The predicted molar refractivity (Wildman–Crippen MR) is 87.4 cm³/mol. The van der Waals surface area contributed by atoms with Crippen molar-refractivity contribution in [2.75, 3.05) is 5.32 Å². The Balaban J connectivity index is 1.83. The van der Waals surface area contributed by atoms with E-state index in [1.165, 1.54) is 17.8 Å². The van der Waals surface area contributed by atoms with Crippen LogP contribution < -0.4 is 5.32 Å². The second-order valence-electron chi connectivity index (χ2n) is 5.36. The molecule has 0 saturated heterocycles. The lowest BCUT2D eigenvalue weighted by molar-refractivity contribution is 0.101. The Morgan fingerprint density at radius 3 is 2.54 bits per heavy atom. The van der Waals surface area contributed by atoms with Crippen molar-refractivity contribution < 1.29 is 9.59 Å². The lowest BCUT2D eigenvalue weighted by Crippen LogP contribution is -2.13. The first-order valence-corrected chi connectivity index (χ1v) is 7.31. The van der Waals surface area contributed by atoms with Gasteiger partial charge in [-0.1, -0.05) is 0 Å². The van der Waals surface area contributed by atoms with Crippen LogP contribution in [0, 0.1) is 13.8 Å². The maximum absolute atomic E-state index is 12.4. The van der Waals surface area contributed by atoms with Crippen molar-refractivity contribution >= 4 is 17.4 Å². The molecule has 8 heteroatoms. The monoisotopic (exact) mass is 324 g/mol. The van der Waals surface area contributed by atoms with Crippen LogP contribution >= 0.6 is 0 Å². The Kier molecular flexibility index (Phi) is 3.95. The van der Waals surface area contributed by atoms with Gasteiger partial charge in [0.2, 0.25) is 5.95 Å². The number of anilines is 1. The molecule has 122 valence electrons. The van der Waals surface area contributed by atoms with Gasteiger partial charge in [-0.2, -0.15) is 5.10 Å². The second kappa shape index (κ2) is 6.07. The highest BCUT2D eigenvalue weighted by atomic mass is 16.2. The van der Waals surface area contributed by atoms with Crippen molar-refractivity contribution in [1.29, 1.82) is 0 Å². The van der Waals surface area contributed by atoms with E-state index in [0.717, 1.165) is 0 Å². The van der Waals surface area contributed by atoms with Gasteiger partial charge in [-0.3, -0.25) is 9.59 Å². The van der Waals surface area contributed by atoms with Crippen molar-refractivity contribution in [1.82, 2.24) is 24.7 Å². The van der Waals surface area contributed by atoms with Gasteiger partial charge in [-0.05, 0) is 32.4 Å². The van der Waals surface area contributed by atoms with E-state index in [0.29, 0.717) is 34.2 Å². The number of aryl methyl sites for hydroxylation is 1. The molecule has 0 aliphatic rings. The van der Waals surface area contributed by atoms with Crippen LogP contribution in [0.3, 0.4) is 0 Å². The minimum atomic E-state index is -0.336. The Morgan fingerprint density at radius 2 is 1.92 bits per heavy atom. The molecule has 0 atom stereocenters. The molecule has 0 aromatic carbocycles. The number of carbonyl (C=O) groups excluding carboxylic acids is 2. The molecule has 3 aromatic rings. The summed E-state index contributed by atoms with van der Waals surface area (Å²) in [6, 6.07) is 1.71. The third-order valence-corrected chi connectivity index (χ3v) is 3.61. The molecule has 1 amide bonds. The van der Waals surface area contributed by atoms with Crippen molar-refractivity contribution in [2.45, 2.75) is 20.8 Å². The fourth-order valence-electron chi connectivity index (χ4n) is 2.61. The van der Waals surface area contributed by atoms with E-state index in [4.69, 9.17) is 0 Å². The molecule has 0 saturated carbocycles. The van der Waals surface area contributed by atoms with Gasteiger partial charge in [0.1, 0.15) is 5.69 Å². The number of aromatic amines is 1. The lowest BCUT2D eigenvalue weighted by Gasteiger charge is -2.02. The van der Waals surface area contributed by atoms with Gasteiger partial charge in [-0.25, -0.2) is 14.6 Å². The van der Waals surface area contributed by atoms with Crippen LogP contribution in [0.5, 0.6) is 0 Å². The van der Waals surface area contributed by atoms with E-state index in [2.05, 4.69) is 25.4 Å². The molecule has 0 spiro atoms. The van der Waals surface area contributed by atoms with Crippen molar-refractivity contribution in [3.63, 3.8) is 0 Å². The van der Waals surface area contributed by atoms with Crippen molar-refractivity contribution in [2.24, 2.45) is 0 Å². The van der Waals surface area contributed by atoms with E-state index in [9.17, 15) is 9.59 Å². The first kappa shape index (κ1) is 15.6. The van der Waals surface area contributed by atoms with Gasteiger partial charge < -0.3 is 10.3 Å². The molecule has 0 bridgehead atoms. The third-order valence-electron chi connectivity index (χ3n) is 3.61. The molecule has 2 N–H and O–H groups in total. The number of hydrogen-bond acceptors (Lipinski definition) is 5. The fraction of sp³-hybridized carbons (Fsp3) is 0.188. The number of hydrogen-bond donors (Lipinski definition) is 2. The number of H-pyrrole nitrogens is 1. The smallest absolute Gasteiger partial charge is 0.272 e. The molecule has 0 aliphatic carbocycles. The first-order chi connectivity index (χ1) is 11.5. The summed E-state index contributed by atoms with van der Waals surface area (Å²) in [6.07, 6.45) is 6.34. The first-order valence-electron chi connectivity index (χ1n) is 7.31. The highest BCUT2D eigenvalue weighted by Gasteiger charge is 2.20. The molecule has 0 aliphatic heterocycles. The molecular formula is C16H16N6O2. The van der Waals surface area contributed by atoms with Gasteiger partial charge in [0.25, 0.3) is 5.91 Å². The summed E-state index contributed by atoms with van der Waals surface area (Å²) >= 11 is 0. The number of rotatable bonds is 4. The topological polar surface area (TPSA) is 106 Å². The minimum absolute atomic E-state index is 0.0747. The fourth-order valence-corrected chi connectivity index (χ4v) is 2.61. The maximum Gasteiger partial charge on any atom is 0.272 e. The van der Waals surface area contributed by atoms with Crippen LogP contribution in [0.15, 0.2) is 30.9 Å². The van der Waals surface area contributed by atoms with E-state index in [-0.39, 0.29) is 11.7 Å². The molecule has 0 radical (unpaired) electrons. The number of nitrogens with one attached hydrogen (secondary N) is 2. The zero-order valence-electron chi connectivity index (χ0n) is 13.5. The average molecular weight is 324 g/mol. The summed E-state index contributed by atoms with van der Waals surface area (Å²) in [7, 11) is 0. The molecule has 24 heavy (non-hydrogen) atoms. The van der Waals surface area contributed by atoms with Gasteiger partial charge in [-0.15, -0.1) is 0 Å². The normalized spacial score (nSPS) is 10.6. The van der Waals surface area contributed by atoms with Crippen LogP contribution in [-0.4, -0.2) is 36.4 Å². The van der Waals surface area contributed by atoms with E-state index in [1.54, 1.807) is 38.5 Å². The minimum Gasteiger partial charge on any atom is -0.354 e. The second-order valence-corrected chi connectivity index (χ2v) is 5.36. The highest BCUT2D eigenvalue weighted by molar-refractivity contribution is 6.07. The SMILES string of the molecule is CC(=O)c1c(C)[nH]c(C(=O)Nc2cnn(-c3ncccn3)c2)c1C. The van der Waals surface area contributed by atoms with E-state index in [1.807, 2.05) is 0 Å². The molecule has 3 heterocycles. The van der Waals surface area contributed by atoms with Crippen LogP contribution in [0.1, 0.15) is 39.0 Å². The van der Waals surface area contributed by atoms with Crippen LogP contribution in [0.2, 0.25) is 0 Å². The van der Waals surface area contributed by atoms with E-state index < -0.39 is 0 Å². The third kappa shape index (κ3) is 2.81. The molecule has 0 unspecified atom stereocenters. The molecule has 3 rings (SSSR count). The lowest BCUT2D eigenvalue weighted by atomic mass is 10.1. The number of ketones is 1. The van der Waals surface area contributed by atoms with Crippen LogP contribution in [0.25, 0.3) is 5.95 Å². The summed E-state index contributed by atoms with van der Waals surface area (Å²) in [5, 5.41) is 6.87. The number of amides is 1. The molecule has 8 nitrogen and oxygen atoms in total. The molecular weight excluding hydrogens is 308 g/mol. The molecule has 3 aromatic heterocycles. The summed E-state index contributed by atoms with van der Waals surface area (Å²) in [4.78, 5) is 35.2. The number of carbonyl (C=O) groups is 2. The Labute approximate surface area is 137 Å². The quantitative estimate of drug-likeness (QED) is 0.715. The zero-order valence-corrected chi connectivity index (χ0v) is 13.5. The van der Waals surface area contributed by atoms with Gasteiger partial charge in [0.05, 0.1) is 18.1 Å². The zero-order chi connectivity index (χ0) is 17.3. The standard InChI is InChI=1S/C16H16N6O2/c1-9-13(11(3)23)10(2)20-14(9)15(24)21-12-7-19-22(8-12)16-17-5-4-6-18-16/h4-8,20H,1-3H3,(H,21,24). The Morgan fingerprint density at radius 1 is 1.21 bits per heavy atom. The van der Waals surface area contributed by atoms with E-state index >= 15 is 0 Å². The number of nitrogens with zero attached hydrogens (tertiary/aromatic N) is 4. The molecule has 0 fully saturated rings. The van der Waals surface area contributed by atoms with Crippen LogP contribution in [0.4, 0.5) is 5.69 Å². The van der Waals surface area contributed by atoms with Crippen molar-refractivity contribution in [3.8, 4) is 5.95 Å². The Hall–Kier alpha value is -3.29. The largest absolute Gasteiger partial charge is 0.354 e. The summed E-state index contributed by atoms with van der Waals surface area (Å²) in [5.74, 6) is -0.00487. The predicted octanol–water partition coefficient (Wildman–Crippen LogP) is 2.06. The van der Waals surface area contributed by atoms with Crippen LogP contribution in [-0.2, 0) is 0 Å². The summed E-state index contributed by atoms with van der Waals surface area (Å²) in [6.45, 7) is 5.00. The van der Waals surface area contributed by atoms with Gasteiger partial charge in [0, 0.05) is 23.7 Å². The average Bonchev–Trinajstić information content (AvgIpc) is 3.12. The van der Waals surface area contributed by atoms with Gasteiger partial charge in [0.15, 0.2) is 5.78 Å². The summed E-state index contributed by atoms with van der Waals surface area (Å²) < 4.78 is 1.46. The highest BCUT2D eigenvalue weighted by Crippen LogP contribution is 2.19. The Bertz CT molecular complexity index is 910.